The zero-order valence-corrected chi connectivity index (χ0v) is 18.5. The quantitative estimate of drug-likeness (QED) is 0.734. The maximum Gasteiger partial charge on any atom is 0.226 e. The van der Waals surface area contributed by atoms with Crippen molar-refractivity contribution in [3.05, 3.63) is 35.9 Å². The Morgan fingerprint density at radius 2 is 1.83 bits per heavy atom. The second kappa shape index (κ2) is 7.63. The largest absolute Gasteiger partial charge is 0.381 e. The van der Waals surface area contributed by atoms with Gasteiger partial charge in [0.1, 0.15) is 0 Å². The number of ether oxygens (including phenoxy) is 1. The lowest BCUT2D eigenvalue weighted by molar-refractivity contribution is -0.172. The van der Waals surface area contributed by atoms with Crippen LogP contribution in [0.2, 0.25) is 0 Å². The summed E-state index contributed by atoms with van der Waals surface area (Å²) in [4.78, 5) is 13.9. The van der Waals surface area contributed by atoms with E-state index in [4.69, 9.17) is 10.5 Å². The number of nitrogens with one attached hydrogen (secondary N) is 1. The highest BCUT2D eigenvalue weighted by Gasteiger charge is 2.66. The summed E-state index contributed by atoms with van der Waals surface area (Å²) in [6.45, 7) is 3.65. The summed E-state index contributed by atoms with van der Waals surface area (Å²) in [7, 11) is 0. The van der Waals surface area contributed by atoms with Crippen LogP contribution in [0.5, 0.6) is 0 Å². The van der Waals surface area contributed by atoms with E-state index in [1.165, 1.54) is 24.8 Å². The Hall–Kier alpha value is -1.39. The van der Waals surface area contributed by atoms with E-state index in [9.17, 15) is 4.79 Å². The Morgan fingerprint density at radius 3 is 2.57 bits per heavy atom. The van der Waals surface area contributed by atoms with Crippen molar-refractivity contribution < 1.29 is 9.53 Å². The number of carbonyl (C=O) groups is 1. The van der Waals surface area contributed by atoms with Gasteiger partial charge >= 0.3 is 0 Å². The van der Waals surface area contributed by atoms with E-state index >= 15 is 0 Å². The molecule has 6 rings (SSSR count). The molecule has 3 N–H and O–H groups in total. The predicted molar refractivity (Wildman–Crippen MR) is 119 cm³/mol. The molecule has 5 fully saturated rings. The van der Waals surface area contributed by atoms with Crippen molar-refractivity contribution >= 4 is 5.91 Å². The van der Waals surface area contributed by atoms with Gasteiger partial charge in [0.15, 0.2) is 0 Å². The molecule has 4 atom stereocenters. The molecular formula is C26H38N2O2. The summed E-state index contributed by atoms with van der Waals surface area (Å²) >= 11 is 0. The first-order chi connectivity index (χ1) is 14.5. The molecule has 4 bridgehead atoms. The Morgan fingerprint density at radius 1 is 1.07 bits per heavy atom. The minimum Gasteiger partial charge on any atom is -0.381 e. The van der Waals surface area contributed by atoms with Crippen LogP contribution in [0.3, 0.4) is 0 Å². The molecule has 30 heavy (non-hydrogen) atoms. The van der Waals surface area contributed by atoms with Gasteiger partial charge in [-0.1, -0.05) is 30.3 Å². The molecule has 2 unspecified atom stereocenters. The van der Waals surface area contributed by atoms with Gasteiger partial charge in [-0.2, -0.15) is 0 Å². The van der Waals surface area contributed by atoms with Gasteiger partial charge in [0.25, 0.3) is 0 Å². The van der Waals surface area contributed by atoms with Crippen LogP contribution in [-0.4, -0.2) is 31.2 Å². The molecule has 0 spiro atoms. The smallest absolute Gasteiger partial charge is 0.226 e. The Kier molecular flexibility index (Phi) is 5.22. The van der Waals surface area contributed by atoms with Crippen LogP contribution in [0, 0.1) is 16.7 Å². The van der Waals surface area contributed by atoms with Gasteiger partial charge in [-0.25, -0.2) is 0 Å². The fourth-order valence-corrected chi connectivity index (χ4v) is 8.09. The third kappa shape index (κ3) is 3.50. The summed E-state index contributed by atoms with van der Waals surface area (Å²) in [6.07, 6.45) is 10.8. The van der Waals surface area contributed by atoms with Crippen LogP contribution >= 0.6 is 0 Å². The molecular weight excluding hydrogens is 372 g/mol. The highest BCUT2D eigenvalue weighted by Crippen LogP contribution is 2.70. The Labute approximate surface area is 181 Å². The van der Waals surface area contributed by atoms with Gasteiger partial charge in [-0.3, -0.25) is 4.79 Å². The second-order valence-corrected chi connectivity index (χ2v) is 11.2. The summed E-state index contributed by atoms with van der Waals surface area (Å²) in [6, 6.07) is 11.7. The molecule has 0 heterocycles. The van der Waals surface area contributed by atoms with Gasteiger partial charge < -0.3 is 15.8 Å². The molecule has 0 radical (unpaired) electrons. The summed E-state index contributed by atoms with van der Waals surface area (Å²) in [5.41, 5.74) is 7.58. The molecule has 5 aliphatic carbocycles. The highest BCUT2D eigenvalue weighted by molar-refractivity contribution is 5.84. The van der Waals surface area contributed by atoms with Crippen molar-refractivity contribution in [1.29, 1.82) is 0 Å². The number of nitrogens with two attached hydrogens (primary N) is 1. The molecule has 164 valence electrons. The number of rotatable bonds is 6. The number of hydrogen-bond acceptors (Lipinski definition) is 3. The molecule has 0 aliphatic heterocycles. The normalized spacial score (nSPS) is 42.3. The molecule has 5 aliphatic rings. The molecule has 4 nitrogen and oxygen atoms in total. The van der Waals surface area contributed by atoms with Crippen LogP contribution in [0.25, 0.3) is 0 Å². The monoisotopic (exact) mass is 410 g/mol. The van der Waals surface area contributed by atoms with Crippen LogP contribution < -0.4 is 11.1 Å². The van der Waals surface area contributed by atoms with E-state index in [-0.39, 0.29) is 16.2 Å². The van der Waals surface area contributed by atoms with E-state index in [1.807, 2.05) is 0 Å². The van der Waals surface area contributed by atoms with Crippen molar-refractivity contribution in [2.24, 2.45) is 22.5 Å². The topological polar surface area (TPSA) is 64.3 Å². The zero-order chi connectivity index (χ0) is 20.8. The Bertz CT molecular complexity index is 774. The summed E-state index contributed by atoms with van der Waals surface area (Å²) in [5, 5.41) is 3.50. The molecule has 0 saturated heterocycles. The lowest BCUT2D eigenvalue weighted by atomic mass is 9.38. The predicted octanol–water partition coefficient (Wildman–Crippen LogP) is 4.32. The number of hydrogen-bond donors (Lipinski definition) is 2. The summed E-state index contributed by atoms with van der Waals surface area (Å²) < 4.78 is 6.04. The molecule has 1 aromatic carbocycles. The van der Waals surface area contributed by atoms with E-state index in [0.29, 0.717) is 23.9 Å². The zero-order valence-electron chi connectivity index (χ0n) is 18.5. The van der Waals surface area contributed by atoms with E-state index in [1.54, 1.807) is 0 Å². The average molecular weight is 411 g/mol. The second-order valence-electron chi connectivity index (χ2n) is 11.2. The van der Waals surface area contributed by atoms with Crippen LogP contribution in [0.4, 0.5) is 0 Å². The molecule has 5 saturated carbocycles. The first-order valence-electron chi connectivity index (χ1n) is 12.2. The van der Waals surface area contributed by atoms with Gasteiger partial charge in [0, 0.05) is 18.7 Å². The van der Waals surface area contributed by atoms with Gasteiger partial charge in [-0.05, 0) is 93.4 Å². The highest BCUT2D eigenvalue weighted by atomic mass is 16.5. The van der Waals surface area contributed by atoms with Crippen molar-refractivity contribution in [1.82, 2.24) is 5.32 Å². The van der Waals surface area contributed by atoms with Crippen LogP contribution in [0.15, 0.2) is 30.3 Å². The maximum atomic E-state index is 13.9. The summed E-state index contributed by atoms with van der Waals surface area (Å²) in [5.74, 6) is 0.959. The maximum absolute atomic E-state index is 13.9. The average Bonchev–Trinajstić information content (AvgIpc) is 2.74. The van der Waals surface area contributed by atoms with E-state index in [2.05, 4.69) is 42.6 Å². The third-order valence-electron chi connectivity index (χ3n) is 8.77. The van der Waals surface area contributed by atoms with Crippen LogP contribution in [-0.2, 0) is 14.9 Å². The van der Waals surface area contributed by atoms with Gasteiger partial charge in [-0.15, -0.1) is 0 Å². The first kappa shape index (κ1) is 20.5. The standard InChI is InChI=1S/C26H38N2O2/c1-2-30-18-24-12-19-13-25(15-24,20-6-4-3-5-7-20)17-26(14-19,16-24)23(29)28-22-10-8-21(27)9-11-22/h3-7,19,21-22H,2,8-18,27H2,1H3,(H,28,29)/t19?,21-,22-,24-,25+,26?/m0/s1. The Balaban J connectivity index is 1.45. The minimum absolute atomic E-state index is 0.129. The van der Waals surface area contributed by atoms with Crippen molar-refractivity contribution in [2.75, 3.05) is 13.2 Å². The fourth-order valence-electron chi connectivity index (χ4n) is 8.09. The SMILES string of the molecule is CCOC[C@]12CC3CC(C(=O)N[C@H]4CC[C@H](N)CC4)(C1)C[C@@](c1ccccc1)(C3)C2. The van der Waals surface area contributed by atoms with Gasteiger partial charge in [0.2, 0.25) is 5.91 Å². The van der Waals surface area contributed by atoms with E-state index < -0.39 is 0 Å². The molecule has 4 heteroatoms. The number of carbonyl (C=O) groups excluding carboxylic acids is 1. The third-order valence-corrected chi connectivity index (χ3v) is 8.77. The van der Waals surface area contributed by atoms with Crippen molar-refractivity contribution in [2.45, 2.75) is 88.6 Å². The van der Waals surface area contributed by atoms with Crippen molar-refractivity contribution in [3.63, 3.8) is 0 Å². The van der Waals surface area contributed by atoms with E-state index in [0.717, 1.165) is 58.2 Å². The lowest BCUT2D eigenvalue weighted by Crippen LogP contribution is -2.64. The number of amides is 1. The van der Waals surface area contributed by atoms with Crippen molar-refractivity contribution in [3.8, 4) is 0 Å². The lowest BCUT2D eigenvalue weighted by Gasteiger charge is -2.66. The molecule has 1 amide bonds. The number of benzene rings is 1. The molecule has 0 aromatic heterocycles. The fraction of sp³-hybridized carbons (Fsp3) is 0.731. The van der Waals surface area contributed by atoms with Gasteiger partial charge in [0.05, 0.1) is 12.0 Å². The first-order valence-corrected chi connectivity index (χ1v) is 12.2. The minimum atomic E-state index is -0.230. The molecule has 1 aromatic rings. The van der Waals surface area contributed by atoms with Crippen LogP contribution in [0.1, 0.15) is 76.7 Å².